The molecular formula is C24H26N8O2. The number of carbonyl (C=O) groups excluding carboxylic acids is 2. The minimum atomic E-state index is -0.601. The molecule has 0 aliphatic rings. The van der Waals surface area contributed by atoms with Gasteiger partial charge in [0.15, 0.2) is 11.5 Å². The number of nitrogens with one attached hydrogen (secondary N) is 2. The van der Waals surface area contributed by atoms with Crippen LogP contribution in [0.3, 0.4) is 0 Å². The fourth-order valence-corrected chi connectivity index (χ4v) is 3.54. The van der Waals surface area contributed by atoms with Gasteiger partial charge in [0, 0.05) is 5.39 Å². The van der Waals surface area contributed by atoms with E-state index in [0.717, 1.165) is 11.1 Å². The molecule has 10 heteroatoms. The van der Waals surface area contributed by atoms with Crippen molar-refractivity contribution in [3.8, 4) is 5.69 Å². The summed E-state index contributed by atoms with van der Waals surface area (Å²) in [4.78, 5) is 35.3. The van der Waals surface area contributed by atoms with Gasteiger partial charge < -0.3 is 16.4 Å². The summed E-state index contributed by atoms with van der Waals surface area (Å²) >= 11 is 0. The Morgan fingerprint density at radius 3 is 2.41 bits per heavy atom. The van der Waals surface area contributed by atoms with Crippen molar-refractivity contribution < 1.29 is 9.59 Å². The number of nitrogens with two attached hydrogens (primary N) is 1. The summed E-state index contributed by atoms with van der Waals surface area (Å²) in [5.41, 5.74) is 7.73. The molecule has 4 rings (SSSR count). The van der Waals surface area contributed by atoms with Gasteiger partial charge in [-0.25, -0.2) is 9.97 Å². The first-order valence-electron chi connectivity index (χ1n) is 10.9. The topological polar surface area (TPSA) is 141 Å². The highest BCUT2D eigenvalue weighted by Gasteiger charge is 2.22. The SMILES string of the molecule is Cc1nn(-c2ccccc2)nc1C(=O)NCc1nc(N[C@H](C(N)=O)C(C)C)c2ccccc2n1. The normalized spacial score (nSPS) is 12.0. The lowest BCUT2D eigenvalue weighted by atomic mass is 10.0. The lowest BCUT2D eigenvalue weighted by molar-refractivity contribution is -0.119. The number of aryl methyl sites for hydroxylation is 1. The first kappa shape index (κ1) is 22.8. The molecule has 0 radical (unpaired) electrons. The maximum Gasteiger partial charge on any atom is 0.274 e. The lowest BCUT2D eigenvalue weighted by Gasteiger charge is -2.21. The number of nitrogens with zero attached hydrogens (tertiary/aromatic N) is 5. The van der Waals surface area contributed by atoms with Crippen LogP contribution in [-0.4, -0.2) is 42.8 Å². The van der Waals surface area contributed by atoms with Crippen molar-refractivity contribution in [3.63, 3.8) is 0 Å². The van der Waals surface area contributed by atoms with Gasteiger partial charge >= 0.3 is 0 Å². The third-order valence-electron chi connectivity index (χ3n) is 5.31. The van der Waals surface area contributed by atoms with E-state index in [4.69, 9.17) is 5.73 Å². The van der Waals surface area contributed by atoms with E-state index in [0.29, 0.717) is 22.9 Å². The number of para-hydroxylation sites is 2. The van der Waals surface area contributed by atoms with E-state index in [1.165, 1.54) is 4.80 Å². The third kappa shape index (κ3) is 4.85. The van der Waals surface area contributed by atoms with Crippen molar-refractivity contribution in [1.29, 1.82) is 0 Å². The summed E-state index contributed by atoms with van der Waals surface area (Å²) in [6.45, 7) is 5.60. The molecule has 4 aromatic rings. The van der Waals surface area contributed by atoms with Crippen molar-refractivity contribution >= 4 is 28.5 Å². The lowest BCUT2D eigenvalue weighted by Crippen LogP contribution is -2.40. The minimum Gasteiger partial charge on any atom is -0.368 e. The van der Waals surface area contributed by atoms with Crippen molar-refractivity contribution in [2.24, 2.45) is 11.7 Å². The number of hydrogen-bond donors (Lipinski definition) is 3. The maximum absolute atomic E-state index is 12.8. The van der Waals surface area contributed by atoms with Crippen LogP contribution in [0.15, 0.2) is 54.6 Å². The van der Waals surface area contributed by atoms with E-state index in [2.05, 4.69) is 30.8 Å². The smallest absolute Gasteiger partial charge is 0.274 e. The second kappa shape index (κ2) is 9.65. The third-order valence-corrected chi connectivity index (χ3v) is 5.31. The highest BCUT2D eigenvalue weighted by atomic mass is 16.2. The summed E-state index contributed by atoms with van der Waals surface area (Å²) in [6.07, 6.45) is 0. The summed E-state index contributed by atoms with van der Waals surface area (Å²) < 4.78 is 0. The molecule has 0 saturated carbocycles. The molecule has 0 spiro atoms. The molecule has 174 valence electrons. The number of benzene rings is 2. The predicted octanol–water partition coefficient (Wildman–Crippen LogP) is 2.37. The molecule has 0 aliphatic carbocycles. The molecule has 34 heavy (non-hydrogen) atoms. The Morgan fingerprint density at radius 2 is 1.71 bits per heavy atom. The molecule has 0 fully saturated rings. The molecule has 0 bridgehead atoms. The van der Waals surface area contributed by atoms with Crippen molar-refractivity contribution in [2.45, 2.75) is 33.4 Å². The molecule has 2 amide bonds. The molecule has 1 atom stereocenters. The van der Waals surface area contributed by atoms with Gasteiger partial charge in [0.25, 0.3) is 5.91 Å². The van der Waals surface area contributed by atoms with E-state index < -0.39 is 11.9 Å². The molecule has 2 heterocycles. The van der Waals surface area contributed by atoms with E-state index >= 15 is 0 Å². The Kier molecular flexibility index (Phi) is 6.48. The zero-order chi connectivity index (χ0) is 24.2. The first-order valence-corrected chi connectivity index (χ1v) is 10.9. The van der Waals surface area contributed by atoms with E-state index in [-0.39, 0.29) is 24.1 Å². The average molecular weight is 459 g/mol. The monoisotopic (exact) mass is 458 g/mol. The zero-order valence-electron chi connectivity index (χ0n) is 19.2. The second-order valence-corrected chi connectivity index (χ2v) is 8.22. The summed E-state index contributed by atoms with van der Waals surface area (Å²) in [5.74, 6) is -0.0228. The van der Waals surface area contributed by atoms with Gasteiger partial charge in [-0.15, -0.1) is 5.10 Å². The van der Waals surface area contributed by atoms with Crippen LogP contribution in [0.2, 0.25) is 0 Å². The number of primary amides is 1. The summed E-state index contributed by atoms with van der Waals surface area (Å²) in [5, 5.41) is 15.4. The largest absolute Gasteiger partial charge is 0.368 e. The fourth-order valence-electron chi connectivity index (χ4n) is 3.54. The van der Waals surface area contributed by atoms with Crippen LogP contribution in [0.5, 0.6) is 0 Å². The van der Waals surface area contributed by atoms with Crippen LogP contribution in [0, 0.1) is 12.8 Å². The van der Waals surface area contributed by atoms with Crippen molar-refractivity contribution in [3.05, 3.63) is 71.8 Å². The van der Waals surface area contributed by atoms with Gasteiger partial charge in [-0.3, -0.25) is 9.59 Å². The van der Waals surface area contributed by atoms with Crippen LogP contribution < -0.4 is 16.4 Å². The quantitative estimate of drug-likeness (QED) is 0.368. The number of anilines is 1. The Bertz CT molecular complexity index is 1330. The number of rotatable bonds is 8. The van der Waals surface area contributed by atoms with Gasteiger partial charge in [-0.1, -0.05) is 44.2 Å². The van der Waals surface area contributed by atoms with Gasteiger partial charge in [-0.05, 0) is 37.1 Å². The zero-order valence-corrected chi connectivity index (χ0v) is 19.2. The summed E-state index contributed by atoms with van der Waals surface area (Å²) in [7, 11) is 0. The first-order chi connectivity index (χ1) is 16.3. The molecule has 0 aliphatic heterocycles. The standard InChI is InChI=1S/C24H26N8O2/c1-14(2)20(22(25)33)29-23-17-11-7-8-12-18(17)27-19(28-23)13-26-24(34)21-15(3)30-32(31-21)16-9-5-4-6-10-16/h4-12,14,20H,13H2,1-3H3,(H2,25,33)(H,26,34)(H,27,28,29)/t20-/m0/s1. The van der Waals surface area contributed by atoms with Crippen molar-refractivity contribution in [2.75, 3.05) is 5.32 Å². The number of amides is 2. The Balaban J connectivity index is 1.56. The Morgan fingerprint density at radius 1 is 1.00 bits per heavy atom. The van der Waals surface area contributed by atoms with Crippen molar-refractivity contribution in [1.82, 2.24) is 30.3 Å². The maximum atomic E-state index is 12.8. The van der Waals surface area contributed by atoms with Gasteiger partial charge in [0.2, 0.25) is 5.91 Å². The molecular weight excluding hydrogens is 432 g/mol. The molecule has 10 nitrogen and oxygen atoms in total. The van der Waals surface area contributed by atoms with Gasteiger partial charge in [0.05, 0.1) is 23.4 Å². The molecule has 0 unspecified atom stereocenters. The highest BCUT2D eigenvalue weighted by molar-refractivity contribution is 5.93. The molecule has 2 aromatic heterocycles. The van der Waals surface area contributed by atoms with Crippen LogP contribution in [-0.2, 0) is 11.3 Å². The average Bonchev–Trinajstić information content (AvgIpc) is 3.22. The second-order valence-electron chi connectivity index (χ2n) is 8.22. The Labute approximate surface area is 196 Å². The van der Waals surface area contributed by atoms with Crippen LogP contribution >= 0.6 is 0 Å². The van der Waals surface area contributed by atoms with Gasteiger partial charge in [-0.2, -0.15) is 9.90 Å². The fraction of sp³-hybridized carbons (Fsp3) is 0.250. The molecule has 2 aromatic carbocycles. The van der Waals surface area contributed by atoms with Crippen LogP contribution in [0.25, 0.3) is 16.6 Å². The van der Waals surface area contributed by atoms with Crippen LogP contribution in [0.4, 0.5) is 5.82 Å². The Hall–Kier alpha value is -4.34. The van der Waals surface area contributed by atoms with E-state index in [1.807, 2.05) is 68.4 Å². The predicted molar refractivity (Wildman–Crippen MR) is 128 cm³/mol. The van der Waals surface area contributed by atoms with Crippen LogP contribution in [0.1, 0.15) is 35.9 Å². The molecule has 0 saturated heterocycles. The van der Waals surface area contributed by atoms with E-state index in [1.54, 1.807) is 6.92 Å². The summed E-state index contributed by atoms with van der Waals surface area (Å²) in [6, 6.07) is 16.2. The number of aromatic nitrogens is 5. The molecule has 4 N–H and O–H groups in total. The highest BCUT2D eigenvalue weighted by Crippen LogP contribution is 2.22. The van der Waals surface area contributed by atoms with E-state index in [9.17, 15) is 9.59 Å². The number of carbonyl (C=O) groups is 2. The minimum absolute atomic E-state index is 0.0374. The number of hydrogen-bond acceptors (Lipinski definition) is 7. The number of fused-ring (bicyclic) bond motifs is 1. The van der Waals surface area contributed by atoms with Gasteiger partial charge in [0.1, 0.15) is 11.9 Å².